The molecule has 0 aliphatic heterocycles. The van der Waals surface area contributed by atoms with E-state index < -0.39 is 28.9 Å². The molecule has 2 aliphatic carbocycles. The minimum atomic E-state index is -4.71. The number of halogens is 4. The van der Waals surface area contributed by atoms with E-state index in [9.17, 15) is 22.4 Å². The maximum atomic E-state index is 13.4. The number of carbonyl (C=O) groups excluding carboxylic acids is 1. The Bertz CT molecular complexity index is 598. The van der Waals surface area contributed by atoms with Gasteiger partial charge >= 0.3 is 6.18 Å². The smallest absolute Gasteiger partial charge is 0.369 e. The highest BCUT2D eigenvalue weighted by atomic mass is 19.4. The lowest BCUT2D eigenvalue weighted by Gasteiger charge is -2.51. The van der Waals surface area contributed by atoms with Gasteiger partial charge in [-0.25, -0.2) is 4.39 Å². The maximum absolute atomic E-state index is 13.4. The first-order valence-electron chi connectivity index (χ1n) is 6.92. The van der Waals surface area contributed by atoms with Gasteiger partial charge in [0.15, 0.2) is 0 Å². The highest BCUT2D eigenvalue weighted by Gasteiger charge is 2.59. The molecule has 0 radical (unpaired) electrons. The van der Waals surface area contributed by atoms with Crippen molar-refractivity contribution in [2.75, 3.05) is 0 Å². The largest absolute Gasteiger partial charge is 0.419 e. The molecular weight excluding hydrogens is 286 g/mol. The van der Waals surface area contributed by atoms with Crippen LogP contribution in [0.3, 0.4) is 0 Å². The Kier molecular flexibility index (Phi) is 3.04. The van der Waals surface area contributed by atoms with Crippen LogP contribution in [0.2, 0.25) is 0 Å². The zero-order valence-corrected chi connectivity index (χ0v) is 11.2. The number of nitrogens with two attached hydrogens (primary N) is 1. The SMILES string of the molecule is NC(=O)C1CC2(c3ccc(F)c(C(F)(F)F)c3)CCCC12. The second-order valence-electron chi connectivity index (χ2n) is 6.06. The Balaban J connectivity index is 2.00. The summed E-state index contributed by atoms with van der Waals surface area (Å²) in [6.45, 7) is 0. The van der Waals surface area contributed by atoms with Crippen LogP contribution in [-0.2, 0) is 16.4 Å². The monoisotopic (exact) mass is 301 g/mol. The molecule has 1 aromatic rings. The molecule has 2 saturated carbocycles. The molecule has 1 aromatic carbocycles. The Hall–Kier alpha value is -1.59. The fourth-order valence-corrected chi connectivity index (χ4v) is 4.14. The molecule has 3 unspecified atom stereocenters. The van der Waals surface area contributed by atoms with Gasteiger partial charge in [0.2, 0.25) is 5.91 Å². The van der Waals surface area contributed by atoms with Crippen LogP contribution >= 0.6 is 0 Å². The summed E-state index contributed by atoms with van der Waals surface area (Å²) in [7, 11) is 0. The van der Waals surface area contributed by atoms with E-state index in [-0.39, 0.29) is 11.8 Å². The van der Waals surface area contributed by atoms with E-state index in [1.807, 2.05) is 0 Å². The van der Waals surface area contributed by atoms with Crippen LogP contribution in [0.5, 0.6) is 0 Å². The predicted octanol–water partition coefficient (Wildman–Crippen LogP) is 3.39. The molecule has 0 bridgehead atoms. The number of rotatable bonds is 2. The second-order valence-corrected chi connectivity index (χ2v) is 6.06. The van der Waals surface area contributed by atoms with E-state index >= 15 is 0 Å². The van der Waals surface area contributed by atoms with Crippen molar-refractivity contribution < 1.29 is 22.4 Å². The molecule has 3 rings (SSSR count). The lowest BCUT2D eigenvalue weighted by molar-refractivity contribution is -0.140. The fourth-order valence-electron chi connectivity index (χ4n) is 4.14. The van der Waals surface area contributed by atoms with Crippen LogP contribution in [-0.4, -0.2) is 5.91 Å². The van der Waals surface area contributed by atoms with Gasteiger partial charge in [-0.1, -0.05) is 12.5 Å². The molecule has 1 amide bonds. The lowest BCUT2D eigenvalue weighted by atomic mass is 9.52. The van der Waals surface area contributed by atoms with E-state index in [0.29, 0.717) is 12.0 Å². The van der Waals surface area contributed by atoms with Crippen LogP contribution < -0.4 is 5.73 Å². The molecule has 0 spiro atoms. The van der Waals surface area contributed by atoms with Gasteiger partial charge in [-0.15, -0.1) is 0 Å². The summed E-state index contributed by atoms with van der Waals surface area (Å²) in [6, 6.07) is 3.20. The zero-order valence-electron chi connectivity index (χ0n) is 11.2. The number of fused-ring (bicyclic) bond motifs is 1. The Morgan fingerprint density at radius 2 is 2.05 bits per heavy atom. The van der Waals surface area contributed by atoms with Crippen molar-refractivity contribution in [2.45, 2.75) is 37.3 Å². The number of amides is 1. The summed E-state index contributed by atoms with van der Waals surface area (Å²) < 4.78 is 51.9. The molecule has 21 heavy (non-hydrogen) atoms. The minimum Gasteiger partial charge on any atom is -0.369 e. The predicted molar refractivity (Wildman–Crippen MR) is 67.7 cm³/mol. The molecule has 3 atom stereocenters. The fraction of sp³-hybridized carbons (Fsp3) is 0.533. The number of hydrogen-bond acceptors (Lipinski definition) is 1. The average Bonchev–Trinajstić information content (AvgIpc) is 2.66. The molecule has 2 N–H and O–H groups in total. The van der Waals surface area contributed by atoms with Crippen molar-refractivity contribution in [3.63, 3.8) is 0 Å². The Morgan fingerprint density at radius 1 is 1.33 bits per heavy atom. The van der Waals surface area contributed by atoms with E-state index in [0.717, 1.165) is 31.4 Å². The zero-order chi connectivity index (χ0) is 15.4. The van der Waals surface area contributed by atoms with Gasteiger partial charge in [-0.3, -0.25) is 4.79 Å². The summed E-state index contributed by atoms with van der Waals surface area (Å²) in [5.41, 5.74) is 4.15. The van der Waals surface area contributed by atoms with Gasteiger partial charge < -0.3 is 5.73 Å². The standard InChI is InChI=1S/C15H15F4NO/c16-12-4-3-8(6-11(12)15(17,18)19)14-5-1-2-10(14)9(7-14)13(20)21/h3-4,6,9-10H,1-2,5,7H2,(H2,20,21). The summed E-state index contributed by atoms with van der Waals surface area (Å²) in [6.07, 6.45) is -1.88. The first-order valence-corrected chi connectivity index (χ1v) is 6.92. The van der Waals surface area contributed by atoms with Crippen LogP contribution in [0.4, 0.5) is 17.6 Å². The van der Waals surface area contributed by atoms with Gasteiger partial charge in [0, 0.05) is 5.92 Å². The molecule has 0 saturated heterocycles. The van der Waals surface area contributed by atoms with Crippen molar-refractivity contribution in [1.82, 2.24) is 0 Å². The third kappa shape index (κ3) is 2.03. The first kappa shape index (κ1) is 14.4. The number of primary amides is 1. The van der Waals surface area contributed by atoms with E-state index in [1.165, 1.54) is 6.07 Å². The van der Waals surface area contributed by atoms with Crippen LogP contribution in [0.1, 0.15) is 36.8 Å². The second kappa shape index (κ2) is 4.45. The van der Waals surface area contributed by atoms with Crippen LogP contribution in [0.15, 0.2) is 18.2 Å². The van der Waals surface area contributed by atoms with Gasteiger partial charge in [-0.2, -0.15) is 13.2 Å². The van der Waals surface area contributed by atoms with Crippen molar-refractivity contribution in [2.24, 2.45) is 17.6 Å². The molecule has 0 aromatic heterocycles. The lowest BCUT2D eigenvalue weighted by Crippen LogP contribution is -2.53. The third-order valence-electron chi connectivity index (χ3n) is 5.13. The molecule has 2 fully saturated rings. The molecular formula is C15H15F4NO. The minimum absolute atomic E-state index is 0.0125. The number of benzene rings is 1. The Labute approximate surface area is 119 Å². The van der Waals surface area contributed by atoms with Crippen molar-refractivity contribution in [3.05, 3.63) is 35.1 Å². The maximum Gasteiger partial charge on any atom is 0.419 e. The average molecular weight is 301 g/mol. The molecule has 6 heteroatoms. The van der Waals surface area contributed by atoms with E-state index in [2.05, 4.69) is 0 Å². The highest BCUT2D eigenvalue weighted by molar-refractivity contribution is 5.79. The van der Waals surface area contributed by atoms with Crippen LogP contribution in [0, 0.1) is 17.7 Å². The third-order valence-corrected chi connectivity index (χ3v) is 5.13. The van der Waals surface area contributed by atoms with Crippen molar-refractivity contribution in [1.29, 1.82) is 0 Å². The number of carbonyl (C=O) groups is 1. The summed E-state index contributed by atoms with van der Waals surface area (Å²) >= 11 is 0. The molecule has 0 heterocycles. The summed E-state index contributed by atoms with van der Waals surface area (Å²) in [5.74, 6) is -1.94. The Morgan fingerprint density at radius 3 is 2.67 bits per heavy atom. The normalized spacial score (nSPS) is 31.6. The number of alkyl halides is 3. The van der Waals surface area contributed by atoms with Gasteiger partial charge in [0.1, 0.15) is 5.82 Å². The molecule has 2 aliphatic rings. The first-order chi connectivity index (χ1) is 9.75. The van der Waals surface area contributed by atoms with Crippen molar-refractivity contribution in [3.8, 4) is 0 Å². The summed E-state index contributed by atoms with van der Waals surface area (Å²) in [5, 5.41) is 0. The molecule has 2 nitrogen and oxygen atoms in total. The van der Waals surface area contributed by atoms with E-state index in [1.54, 1.807) is 0 Å². The number of hydrogen-bond donors (Lipinski definition) is 1. The van der Waals surface area contributed by atoms with Gasteiger partial charge in [-0.05, 0) is 48.3 Å². The molecule has 114 valence electrons. The van der Waals surface area contributed by atoms with E-state index in [4.69, 9.17) is 5.73 Å². The topological polar surface area (TPSA) is 43.1 Å². The van der Waals surface area contributed by atoms with Gasteiger partial charge in [0.05, 0.1) is 5.56 Å². The van der Waals surface area contributed by atoms with Gasteiger partial charge in [0.25, 0.3) is 0 Å². The summed E-state index contributed by atoms with van der Waals surface area (Å²) in [4.78, 5) is 11.4. The van der Waals surface area contributed by atoms with Crippen molar-refractivity contribution >= 4 is 5.91 Å². The van der Waals surface area contributed by atoms with Crippen LogP contribution in [0.25, 0.3) is 0 Å². The highest BCUT2D eigenvalue weighted by Crippen LogP contribution is 2.62. The quantitative estimate of drug-likeness (QED) is 0.836.